The van der Waals surface area contributed by atoms with Crippen LogP contribution in [-0.2, 0) is 11.3 Å². The number of aliphatic imine (C=N–C) groups is 1. The standard InChI is InChI=1S/C39H50ClN5O2/c1-6-8-9-10-11-12-13-14-15-18-25-45-35-24-21-30(40)27-32(35)38(46)43-37(45)36(39(47)42-33-20-17-16-19-28(33)3)41-34-23-22-31(26-29(34)4)44(5)7-2/h16-17,19-24,26-27H,6-15,18,25H2,1-5H3,(H,42,47). The molecule has 0 radical (unpaired) electrons. The van der Waals surface area contributed by atoms with E-state index in [0.29, 0.717) is 33.8 Å². The molecule has 3 aromatic carbocycles. The molecule has 7 nitrogen and oxygen atoms in total. The van der Waals surface area contributed by atoms with E-state index in [9.17, 15) is 9.59 Å². The Morgan fingerprint density at radius 3 is 2.21 bits per heavy atom. The summed E-state index contributed by atoms with van der Waals surface area (Å²) in [6, 6.07) is 18.9. The van der Waals surface area contributed by atoms with Crippen molar-refractivity contribution < 1.29 is 4.79 Å². The van der Waals surface area contributed by atoms with Gasteiger partial charge in [-0.05, 0) is 80.8 Å². The van der Waals surface area contributed by atoms with Crippen LogP contribution in [0.2, 0.25) is 5.02 Å². The average molecular weight is 656 g/mol. The minimum atomic E-state index is -0.440. The lowest BCUT2D eigenvalue weighted by molar-refractivity contribution is -0.110. The molecule has 0 bridgehead atoms. The Labute approximate surface area is 285 Å². The summed E-state index contributed by atoms with van der Waals surface area (Å²) in [7, 11) is 2.04. The molecule has 1 aromatic heterocycles. The Balaban J connectivity index is 1.73. The van der Waals surface area contributed by atoms with Crippen molar-refractivity contribution in [3.8, 4) is 0 Å². The lowest BCUT2D eigenvalue weighted by atomic mass is 10.1. The van der Waals surface area contributed by atoms with Crippen molar-refractivity contribution in [3.63, 3.8) is 0 Å². The van der Waals surface area contributed by atoms with E-state index >= 15 is 0 Å². The van der Waals surface area contributed by atoms with Crippen LogP contribution in [0.15, 0.2) is 70.5 Å². The van der Waals surface area contributed by atoms with E-state index in [4.69, 9.17) is 16.6 Å². The third-order valence-electron chi connectivity index (χ3n) is 8.83. The fourth-order valence-electron chi connectivity index (χ4n) is 5.81. The number of benzene rings is 3. The number of aromatic nitrogens is 2. The molecule has 250 valence electrons. The van der Waals surface area contributed by atoms with Gasteiger partial charge in [-0.2, -0.15) is 4.98 Å². The monoisotopic (exact) mass is 655 g/mol. The number of hydrogen-bond acceptors (Lipinski definition) is 5. The van der Waals surface area contributed by atoms with Crippen LogP contribution in [0.25, 0.3) is 10.9 Å². The molecule has 4 rings (SSSR count). The van der Waals surface area contributed by atoms with Gasteiger partial charge in [-0.25, -0.2) is 4.99 Å². The number of unbranched alkanes of at least 4 members (excludes halogenated alkanes) is 9. The molecular weight excluding hydrogens is 606 g/mol. The molecule has 0 unspecified atom stereocenters. The quantitative estimate of drug-likeness (QED) is 0.0907. The molecule has 0 fully saturated rings. The fourth-order valence-corrected chi connectivity index (χ4v) is 5.98. The van der Waals surface area contributed by atoms with Gasteiger partial charge in [-0.1, -0.05) is 94.5 Å². The van der Waals surface area contributed by atoms with E-state index < -0.39 is 11.5 Å². The highest BCUT2D eigenvalue weighted by molar-refractivity contribution is 6.48. The third kappa shape index (κ3) is 9.77. The Bertz CT molecular complexity index is 1750. The molecule has 0 saturated carbocycles. The number of fused-ring (bicyclic) bond motifs is 1. The summed E-state index contributed by atoms with van der Waals surface area (Å²) in [5, 5.41) is 3.94. The van der Waals surface area contributed by atoms with Crippen LogP contribution < -0.4 is 15.8 Å². The fraction of sp³-hybridized carbons (Fsp3) is 0.436. The molecule has 1 heterocycles. The topological polar surface area (TPSA) is 79.6 Å². The second-order valence-corrected chi connectivity index (χ2v) is 12.9. The van der Waals surface area contributed by atoms with Crippen LogP contribution in [0, 0.1) is 13.8 Å². The first kappa shape index (κ1) is 35.9. The van der Waals surface area contributed by atoms with Crippen LogP contribution >= 0.6 is 11.6 Å². The van der Waals surface area contributed by atoms with Gasteiger partial charge in [0.05, 0.1) is 16.6 Å². The van der Waals surface area contributed by atoms with Gasteiger partial charge >= 0.3 is 0 Å². The maximum absolute atomic E-state index is 14.2. The second kappa shape index (κ2) is 17.8. The summed E-state index contributed by atoms with van der Waals surface area (Å²) in [5.41, 5.74) is 4.56. The summed E-state index contributed by atoms with van der Waals surface area (Å²) in [6.45, 7) is 9.73. The molecule has 47 heavy (non-hydrogen) atoms. The smallest absolute Gasteiger partial charge is 0.281 e. The number of nitrogens with zero attached hydrogens (tertiary/aromatic N) is 4. The van der Waals surface area contributed by atoms with Gasteiger partial charge < -0.3 is 14.8 Å². The minimum absolute atomic E-state index is 0.0916. The van der Waals surface area contributed by atoms with Gasteiger partial charge in [0.25, 0.3) is 11.5 Å². The number of halogens is 1. The van der Waals surface area contributed by atoms with E-state index in [1.807, 2.05) is 67.9 Å². The predicted molar refractivity (Wildman–Crippen MR) is 199 cm³/mol. The van der Waals surface area contributed by atoms with Crippen LogP contribution in [0.5, 0.6) is 0 Å². The van der Waals surface area contributed by atoms with Crippen molar-refractivity contribution in [2.45, 2.75) is 98.4 Å². The van der Waals surface area contributed by atoms with Gasteiger partial charge in [0.15, 0.2) is 11.5 Å². The van der Waals surface area contributed by atoms with E-state index in [0.717, 1.165) is 42.6 Å². The molecule has 0 aliphatic rings. The van der Waals surface area contributed by atoms with Crippen LogP contribution in [0.4, 0.5) is 17.1 Å². The van der Waals surface area contributed by atoms with Crippen molar-refractivity contribution >= 4 is 51.2 Å². The number of carbonyl (C=O) groups is 1. The number of nitrogens with one attached hydrogen (secondary N) is 1. The van der Waals surface area contributed by atoms with Gasteiger partial charge in [-0.3, -0.25) is 9.59 Å². The molecule has 0 aliphatic heterocycles. The summed E-state index contributed by atoms with van der Waals surface area (Å²) in [5.74, 6) is -0.175. The maximum atomic E-state index is 14.2. The van der Waals surface area contributed by atoms with Crippen molar-refractivity contribution in [2.75, 3.05) is 23.8 Å². The van der Waals surface area contributed by atoms with Crippen molar-refractivity contribution in [1.29, 1.82) is 0 Å². The van der Waals surface area contributed by atoms with E-state index in [2.05, 4.69) is 35.1 Å². The number of rotatable bonds is 17. The zero-order chi connectivity index (χ0) is 33.8. The lowest BCUT2D eigenvalue weighted by Crippen LogP contribution is -2.31. The number of amides is 1. The Morgan fingerprint density at radius 2 is 1.55 bits per heavy atom. The summed E-state index contributed by atoms with van der Waals surface area (Å²) in [6.07, 6.45) is 12.1. The Kier molecular flexibility index (Phi) is 13.6. The molecule has 1 amide bonds. The Morgan fingerprint density at radius 1 is 0.872 bits per heavy atom. The summed E-state index contributed by atoms with van der Waals surface area (Å²) in [4.78, 5) is 39.3. The van der Waals surface area contributed by atoms with Crippen molar-refractivity contribution in [3.05, 3.63) is 93.0 Å². The number of carbonyl (C=O) groups excluding carboxylic acids is 1. The zero-order valence-corrected chi connectivity index (χ0v) is 29.5. The average Bonchev–Trinajstić information content (AvgIpc) is 3.06. The first-order valence-corrected chi connectivity index (χ1v) is 17.6. The highest BCUT2D eigenvalue weighted by Crippen LogP contribution is 2.27. The summed E-state index contributed by atoms with van der Waals surface area (Å²) < 4.78 is 1.97. The zero-order valence-electron chi connectivity index (χ0n) is 28.7. The van der Waals surface area contributed by atoms with Gasteiger partial charge in [0.1, 0.15) is 0 Å². The molecule has 1 N–H and O–H groups in total. The summed E-state index contributed by atoms with van der Waals surface area (Å²) >= 11 is 6.32. The molecule has 0 atom stereocenters. The molecule has 8 heteroatoms. The minimum Gasteiger partial charge on any atom is -0.375 e. The first-order chi connectivity index (χ1) is 22.7. The number of hydrogen-bond donors (Lipinski definition) is 1. The lowest BCUT2D eigenvalue weighted by Gasteiger charge is -2.19. The van der Waals surface area contributed by atoms with E-state index in [1.165, 1.54) is 44.9 Å². The second-order valence-electron chi connectivity index (χ2n) is 12.5. The van der Waals surface area contributed by atoms with E-state index in [1.54, 1.807) is 12.1 Å². The van der Waals surface area contributed by atoms with Crippen LogP contribution in [-0.4, -0.2) is 34.8 Å². The SMILES string of the molecule is CCCCCCCCCCCCn1c(C(=Nc2ccc(N(C)CC)cc2C)C(=O)Nc2ccccc2C)nc(=O)c2cc(Cl)ccc21. The molecule has 4 aromatic rings. The highest BCUT2D eigenvalue weighted by Gasteiger charge is 2.23. The number of anilines is 2. The maximum Gasteiger partial charge on any atom is 0.281 e. The van der Waals surface area contributed by atoms with Crippen molar-refractivity contribution in [1.82, 2.24) is 9.55 Å². The van der Waals surface area contributed by atoms with Crippen LogP contribution in [0.1, 0.15) is 95.0 Å². The molecule has 0 saturated heterocycles. The van der Waals surface area contributed by atoms with Gasteiger partial charge in [0.2, 0.25) is 0 Å². The molecule has 0 spiro atoms. The van der Waals surface area contributed by atoms with E-state index in [-0.39, 0.29) is 11.5 Å². The predicted octanol–water partition coefficient (Wildman–Crippen LogP) is 9.80. The normalized spacial score (nSPS) is 11.7. The number of aryl methyl sites for hydroxylation is 3. The highest BCUT2D eigenvalue weighted by atomic mass is 35.5. The first-order valence-electron chi connectivity index (χ1n) is 17.2. The third-order valence-corrected chi connectivity index (χ3v) is 9.06. The molecular formula is C39H50ClN5O2. The van der Waals surface area contributed by atoms with Crippen LogP contribution in [0.3, 0.4) is 0 Å². The molecule has 0 aliphatic carbocycles. The Hall–Kier alpha value is -3.97. The van der Waals surface area contributed by atoms with Gasteiger partial charge in [-0.15, -0.1) is 0 Å². The van der Waals surface area contributed by atoms with Crippen molar-refractivity contribution in [2.24, 2.45) is 4.99 Å². The largest absolute Gasteiger partial charge is 0.375 e. The van der Waals surface area contributed by atoms with Gasteiger partial charge in [0, 0.05) is 36.5 Å². The number of para-hydroxylation sites is 1.